The van der Waals surface area contributed by atoms with Gasteiger partial charge in [-0.3, -0.25) is 0 Å². The van der Waals surface area contributed by atoms with Gasteiger partial charge in [-0.05, 0) is 24.1 Å². The molecular formula is C21H23N2O2+. The molecule has 0 amide bonds. The molecule has 0 aliphatic carbocycles. The number of rotatable bonds is 6. The molecule has 0 saturated carbocycles. The molecule has 2 heterocycles. The normalized spacial score (nSPS) is 10.8. The molecule has 128 valence electrons. The van der Waals surface area contributed by atoms with Crippen LogP contribution in [-0.4, -0.2) is 18.1 Å². The number of para-hydroxylation sites is 1. The Labute approximate surface area is 147 Å². The molecule has 4 nitrogen and oxygen atoms in total. The Morgan fingerprint density at radius 2 is 2.04 bits per heavy atom. The van der Waals surface area contributed by atoms with Crippen molar-refractivity contribution in [1.29, 1.82) is 0 Å². The molecule has 0 fully saturated rings. The number of benzene rings is 1. The first kappa shape index (κ1) is 17.0. The second kappa shape index (κ2) is 7.34. The van der Waals surface area contributed by atoms with E-state index in [1.54, 1.807) is 0 Å². The molecule has 0 aliphatic heterocycles. The molecule has 3 rings (SSSR count). The molecule has 2 aromatic heterocycles. The summed E-state index contributed by atoms with van der Waals surface area (Å²) in [6.07, 6.45) is 6.05. The van der Waals surface area contributed by atoms with Crippen molar-refractivity contribution in [2.75, 3.05) is 7.11 Å². The van der Waals surface area contributed by atoms with Gasteiger partial charge in [0.05, 0.1) is 18.4 Å². The first-order valence-electron chi connectivity index (χ1n) is 8.49. The van der Waals surface area contributed by atoms with Crippen LogP contribution in [0.25, 0.3) is 16.5 Å². The summed E-state index contributed by atoms with van der Waals surface area (Å²) in [7, 11) is 1.38. The Hall–Kier alpha value is -2.88. The number of ether oxygens (including phenoxy) is 1. The molecule has 0 atom stereocenters. The third kappa shape index (κ3) is 3.48. The highest BCUT2D eigenvalue weighted by molar-refractivity contribution is 6.16. The van der Waals surface area contributed by atoms with E-state index in [1.807, 2.05) is 18.2 Å². The molecule has 4 heteroatoms. The van der Waals surface area contributed by atoms with Crippen molar-refractivity contribution in [1.82, 2.24) is 4.98 Å². The average molecular weight is 335 g/mol. The lowest BCUT2D eigenvalue weighted by atomic mass is 10.0. The van der Waals surface area contributed by atoms with Gasteiger partial charge in [0.1, 0.15) is 0 Å². The Morgan fingerprint density at radius 3 is 2.80 bits per heavy atom. The van der Waals surface area contributed by atoms with E-state index < -0.39 is 5.97 Å². The lowest BCUT2D eigenvalue weighted by molar-refractivity contribution is -0.696. The van der Waals surface area contributed by atoms with Crippen molar-refractivity contribution in [3.63, 3.8) is 0 Å². The fraction of sp³-hybridized carbons (Fsp3) is 0.238. The molecule has 0 spiro atoms. The average Bonchev–Trinajstić information content (AvgIpc) is 3.03. The number of fused-ring (bicyclic) bond motifs is 1. The summed E-state index contributed by atoms with van der Waals surface area (Å²) in [5, 5.41) is 1.12. The first-order chi connectivity index (χ1) is 12.1. The van der Waals surface area contributed by atoms with Gasteiger partial charge in [0.15, 0.2) is 18.9 Å². The second-order valence-corrected chi connectivity index (χ2v) is 6.05. The number of esters is 1. The van der Waals surface area contributed by atoms with Crippen molar-refractivity contribution in [2.45, 2.75) is 26.3 Å². The van der Waals surface area contributed by atoms with Crippen LogP contribution in [0.2, 0.25) is 0 Å². The third-order valence-electron chi connectivity index (χ3n) is 4.49. The quantitative estimate of drug-likeness (QED) is 0.426. The number of nitrogens with one attached hydrogen (secondary N) is 1. The Morgan fingerprint density at radius 1 is 1.24 bits per heavy atom. The summed E-state index contributed by atoms with van der Waals surface area (Å²) < 4.78 is 7.03. The second-order valence-electron chi connectivity index (χ2n) is 6.05. The summed E-state index contributed by atoms with van der Waals surface area (Å²) in [5.41, 5.74) is 4.53. The van der Waals surface area contributed by atoms with E-state index in [-0.39, 0.29) is 0 Å². The minimum atomic E-state index is -0.409. The van der Waals surface area contributed by atoms with Crippen LogP contribution in [0.1, 0.15) is 23.7 Å². The van der Waals surface area contributed by atoms with Gasteiger partial charge < -0.3 is 9.72 Å². The third-order valence-corrected chi connectivity index (χ3v) is 4.49. The minimum Gasteiger partial charge on any atom is -0.465 e. The molecule has 0 bridgehead atoms. The van der Waals surface area contributed by atoms with Gasteiger partial charge in [0, 0.05) is 29.0 Å². The number of H-pyrrole nitrogens is 1. The molecular weight excluding hydrogens is 312 g/mol. The van der Waals surface area contributed by atoms with Crippen molar-refractivity contribution in [3.05, 3.63) is 72.2 Å². The number of pyridine rings is 1. The number of methoxy groups -OCH3 is 1. The van der Waals surface area contributed by atoms with E-state index in [2.05, 4.69) is 53.6 Å². The van der Waals surface area contributed by atoms with Crippen LogP contribution < -0.4 is 4.57 Å². The van der Waals surface area contributed by atoms with Crippen LogP contribution in [0.5, 0.6) is 0 Å². The number of hydrogen-bond acceptors (Lipinski definition) is 2. The van der Waals surface area contributed by atoms with Gasteiger partial charge in [0.2, 0.25) is 0 Å². The maximum Gasteiger partial charge on any atom is 0.339 e. The smallest absolute Gasteiger partial charge is 0.339 e. The standard InChI is InChI=1S/C21H23N2O2/c1-4-16-8-7-12-23(14-16)13-11-18-17-9-5-6-10-19(17)22-20(18)15(2)21(24)25-3/h5-10,12,14,22H,2,4,11,13H2,1,3H3/q+1. The van der Waals surface area contributed by atoms with E-state index in [4.69, 9.17) is 4.74 Å². The number of aromatic nitrogens is 2. The van der Waals surface area contributed by atoms with E-state index in [0.717, 1.165) is 41.5 Å². The summed E-state index contributed by atoms with van der Waals surface area (Å²) in [6.45, 7) is 6.90. The number of carbonyl (C=O) groups excluding carboxylic acids is 1. The first-order valence-corrected chi connectivity index (χ1v) is 8.49. The zero-order chi connectivity index (χ0) is 17.8. The van der Waals surface area contributed by atoms with Crippen molar-refractivity contribution >= 4 is 22.4 Å². The molecule has 0 radical (unpaired) electrons. The topological polar surface area (TPSA) is 46.0 Å². The Balaban J connectivity index is 1.96. The van der Waals surface area contributed by atoms with Gasteiger partial charge >= 0.3 is 5.97 Å². The van der Waals surface area contributed by atoms with Crippen molar-refractivity contribution < 1.29 is 14.1 Å². The predicted octanol–water partition coefficient (Wildman–Crippen LogP) is 3.45. The van der Waals surface area contributed by atoms with Gasteiger partial charge in [-0.15, -0.1) is 0 Å². The number of aromatic amines is 1. The molecule has 3 aromatic rings. The van der Waals surface area contributed by atoms with Crippen LogP contribution in [0, 0.1) is 0 Å². The van der Waals surface area contributed by atoms with Gasteiger partial charge in [-0.1, -0.05) is 31.7 Å². The Bertz CT molecular complexity index is 925. The summed E-state index contributed by atoms with van der Waals surface area (Å²) >= 11 is 0. The number of carbonyl (C=O) groups is 1. The van der Waals surface area contributed by atoms with E-state index in [0.29, 0.717) is 5.57 Å². The molecule has 0 saturated heterocycles. The van der Waals surface area contributed by atoms with Gasteiger partial charge in [-0.2, -0.15) is 0 Å². The van der Waals surface area contributed by atoms with E-state index in [9.17, 15) is 4.79 Å². The summed E-state index contributed by atoms with van der Waals surface area (Å²) in [4.78, 5) is 15.3. The largest absolute Gasteiger partial charge is 0.465 e. The highest BCUT2D eigenvalue weighted by Gasteiger charge is 2.19. The zero-order valence-electron chi connectivity index (χ0n) is 14.7. The SMILES string of the molecule is C=C(C(=O)OC)c1[nH]c2ccccc2c1CC[n+]1cccc(CC)c1. The molecule has 0 unspecified atom stereocenters. The van der Waals surface area contributed by atoms with Crippen LogP contribution in [0.4, 0.5) is 0 Å². The summed E-state index contributed by atoms with van der Waals surface area (Å²) in [6, 6.07) is 12.3. The molecule has 1 aromatic carbocycles. The highest BCUT2D eigenvalue weighted by Crippen LogP contribution is 2.27. The molecule has 25 heavy (non-hydrogen) atoms. The molecule has 1 N–H and O–H groups in total. The van der Waals surface area contributed by atoms with Crippen LogP contribution in [0.15, 0.2) is 55.4 Å². The van der Waals surface area contributed by atoms with Crippen LogP contribution >= 0.6 is 0 Å². The van der Waals surface area contributed by atoms with Crippen LogP contribution in [0.3, 0.4) is 0 Å². The zero-order valence-corrected chi connectivity index (χ0v) is 14.7. The lowest BCUT2D eigenvalue weighted by Crippen LogP contribution is -2.34. The van der Waals surface area contributed by atoms with Crippen LogP contribution in [-0.2, 0) is 28.9 Å². The number of nitrogens with zero attached hydrogens (tertiary/aromatic N) is 1. The maximum absolute atomic E-state index is 12.0. The molecule has 0 aliphatic rings. The lowest BCUT2D eigenvalue weighted by Gasteiger charge is -2.06. The minimum absolute atomic E-state index is 0.362. The fourth-order valence-corrected chi connectivity index (χ4v) is 3.11. The maximum atomic E-state index is 12.0. The van der Waals surface area contributed by atoms with Gasteiger partial charge in [0.25, 0.3) is 0 Å². The summed E-state index contributed by atoms with van der Waals surface area (Å²) in [5.74, 6) is -0.409. The Kier molecular flexibility index (Phi) is 4.98. The number of aryl methyl sites for hydroxylation is 3. The number of hydrogen-bond donors (Lipinski definition) is 1. The van der Waals surface area contributed by atoms with E-state index in [1.165, 1.54) is 12.7 Å². The highest BCUT2D eigenvalue weighted by atomic mass is 16.5. The predicted molar refractivity (Wildman–Crippen MR) is 99.1 cm³/mol. The van der Waals surface area contributed by atoms with Crippen molar-refractivity contribution in [2.24, 2.45) is 0 Å². The monoisotopic (exact) mass is 335 g/mol. The van der Waals surface area contributed by atoms with Gasteiger partial charge in [-0.25, -0.2) is 9.36 Å². The van der Waals surface area contributed by atoms with E-state index >= 15 is 0 Å². The van der Waals surface area contributed by atoms with Crippen molar-refractivity contribution in [3.8, 4) is 0 Å². The fourth-order valence-electron chi connectivity index (χ4n) is 3.11.